The third-order valence-corrected chi connectivity index (χ3v) is 3.46. The quantitative estimate of drug-likeness (QED) is 0.836. The molecule has 2 N–H and O–H groups in total. The van der Waals surface area contributed by atoms with Crippen molar-refractivity contribution in [3.05, 3.63) is 11.8 Å². The van der Waals surface area contributed by atoms with Gasteiger partial charge in [-0.05, 0) is 19.3 Å². The summed E-state index contributed by atoms with van der Waals surface area (Å²) in [5, 5.41) is 0. The van der Waals surface area contributed by atoms with Crippen molar-refractivity contribution < 1.29 is 4.74 Å². The van der Waals surface area contributed by atoms with Crippen LogP contribution in [0.15, 0.2) is 6.20 Å². The molecule has 5 nitrogen and oxygen atoms in total. The Labute approximate surface area is 102 Å². The Morgan fingerprint density at radius 3 is 3.00 bits per heavy atom. The molecule has 1 aliphatic heterocycles. The first-order valence-electron chi connectivity index (χ1n) is 5.98. The van der Waals surface area contributed by atoms with Crippen LogP contribution in [-0.4, -0.2) is 36.3 Å². The van der Waals surface area contributed by atoms with Crippen molar-refractivity contribution in [2.45, 2.75) is 26.4 Å². The second kappa shape index (κ2) is 4.87. The summed E-state index contributed by atoms with van der Waals surface area (Å²) < 4.78 is 5.51. The maximum atomic E-state index is 5.65. The molecule has 5 heteroatoms. The topological polar surface area (TPSA) is 64.3 Å². The molecule has 17 heavy (non-hydrogen) atoms. The summed E-state index contributed by atoms with van der Waals surface area (Å²) in [7, 11) is 1.77. The molecule has 2 unspecified atom stereocenters. The lowest BCUT2D eigenvalue weighted by atomic mass is 9.95. The summed E-state index contributed by atoms with van der Waals surface area (Å²) >= 11 is 0. The molecular formula is C12H20N4O. The molecule has 1 aliphatic rings. The normalized spacial score (nSPS) is 25.0. The summed E-state index contributed by atoms with van der Waals surface area (Å²) in [5.41, 5.74) is 6.71. The van der Waals surface area contributed by atoms with Gasteiger partial charge in [0.05, 0.1) is 6.10 Å². The third kappa shape index (κ3) is 2.49. The van der Waals surface area contributed by atoms with E-state index in [2.05, 4.69) is 21.8 Å². The molecule has 2 heterocycles. The first kappa shape index (κ1) is 12.1. The van der Waals surface area contributed by atoms with E-state index in [4.69, 9.17) is 10.5 Å². The van der Waals surface area contributed by atoms with E-state index in [0.717, 1.165) is 30.9 Å². The molecule has 0 saturated carbocycles. The number of piperidine rings is 1. The van der Waals surface area contributed by atoms with E-state index in [1.54, 1.807) is 13.3 Å². The Morgan fingerprint density at radius 1 is 1.53 bits per heavy atom. The fourth-order valence-corrected chi connectivity index (χ4v) is 2.30. The number of rotatable bonds is 2. The van der Waals surface area contributed by atoms with E-state index in [1.165, 1.54) is 0 Å². The highest BCUT2D eigenvalue weighted by Crippen LogP contribution is 2.25. The highest BCUT2D eigenvalue weighted by Gasteiger charge is 2.27. The maximum Gasteiger partial charge on any atom is 0.221 e. The highest BCUT2D eigenvalue weighted by molar-refractivity contribution is 5.48. The van der Waals surface area contributed by atoms with Gasteiger partial charge in [-0.3, -0.25) is 0 Å². The second-order valence-corrected chi connectivity index (χ2v) is 4.72. The molecule has 1 fully saturated rings. The van der Waals surface area contributed by atoms with Gasteiger partial charge in [0.25, 0.3) is 0 Å². The summed E-state index contributed by atoms with van der Waals surface area (Å²) in [5.74, 6) is 1.86. The van der Waals surface area contributed by atoms with Gasteiger partial charge >= 0.3 is 0 Å². The first-order chi connectivity index (χ1) is 8.11. The lowest BCUT2D eigenvalue weighted by molar-refractivity contribution is 0.0496. The zero-order valence-electron chi connectivity index (χ0n) is 10.7. The minimum Gasteiger partial charge on any atom is -0.379 e. The lowest BCUT2D eigenvalue weighted by Gasteiger charge is -2.37. The molecule has 2 atom stereocenters. The van der Waals surface area contributed by atoms with Gasteiger partial charge < -0.3 is 15.4 Å². The third-order valence-electron chi connectivity index (χ3n) is 3.46. The summed E-state index contributed by atoms with van der Waals surface area (Å²) in [6, 6.07) is 0. The minimum atomic E-state index is 0.263. The van der Waals surface area contributed by atoms with Crippen LogP contribution in [0.2, 0.25) is 0 Å². The molecule has 2 rings (SSSR count). The molecule has 0 spiro atoms. The van der Waals surface area contributed by atoms with Gasteiger partial charge in [-0.2, -0.15) is 4.98 Å². The molecule has 0 aliphatic carbocycles. The van der Waals surface area contributed by atoms with Gasteiger partial charge in [-0.15, -0.1) is 0 Å². The minimum absolute atomic E-state index is 0.263. The van der Waals surface area contributed by atoms with Crippen LogP contribution in [0.5, 0.6) is 0 Å². The predicted molar refractivity (Wildman–Crippen MR) is 68.0 cm³/mol. The van der Waals surface area contributed by atoms with Gasteiger partial charge in [0, 0.05) is 32.0 Å². The molecule has 94 valence electrons. The average Bonchev–Trinajstić information content (AvgIpc) is 2.33. The average molecular weight is 236 g/mol. The zero-order chi connectivity index (χ0) is 12.4. The van der Waals surface area contributed by atoms with Crippen molar-refractivity contribution in [3.8, 4) is 0 Å². The molecule has 0 aromatic carbocycles. The fraction of sp³-hybridized carbons (Fsp3) is 0.667. The number of nitrogen functional groups attached to an aromatic ring is 1. The van der Waals surface area contributed by atoms with Crippen LogP contribution in [0.3, 0.4) is 0 Å². The number of aryl methyl sites for hydroxylation is 1. The predicted octanol–water partition coefficient (Wildman–Crippen LogP) is 1.23. The Kier molecular flexibility index (Phi) is 3.47. The zero-order valence-corrected chi connectivity index (χ0v) is 10.7. The smallest absolute Gasteiger partial charge is 0.221 e. The number of methoxy groups -OCH3 is 1. The number of anilines is 2. The summed E-state index contributed by atoms with van der Waals surface area (Å²) in [6.07, 6.45) is 3.15. The Bertz CT molecular complexity index is 396. The summed E-state index contributed by atoms with van der Waals surface area (Å²) in [6.45, 7) is 6.11. The van der Waals surface area contributed by atoms with Crippen molar-refractivity contribution in [1.82, 2.24) is 9.97 Å². The van der Waals surface area contributed by atoms with Crippen molar-refractivity contribution in [2.24, 2.45) is 5.92 Å². The Balaban J connectivity index is 2.20. The van der Waals surface area contributed by atoms with E-state index in [-0.39, 0.29) is 6.10 Å². The number of aromatic nitrogens is 2. The van der Waals surface area contributed by atoms with Gasteiger partial charge in [-0.1, -0.05) is 6.92 Å². The molecule has 0 amide bonds. The SMILES string of the molecule is COC1CN(c2nc(N)ncc2C)CCC1C. The number of nitrogens with two attached hydrogens (primary N) is 1. The number of ether oxygens (including phenoxy) is 1. The molecule has 1 aromatic rings. The molecule has 1 saturated heterocycles. The molecule has 1 aromatic heterocycles. The van der Waals surface area contributed by atoms with Crippen molar-refractivity contribution in [3.63, 3.8) is 0 Å². The standard InChI is InChI=1S/C12H20N4O/c1-8-4-5-16(7-10(8)17-3)11-9(2)6-14-12(13)15-11/h6,8,10H,4-5,7H2,1-3H3,(H2,13,14,15). The van der Waals surface area contributed by atoms with Gasteiger partial charge in [0.2, 0.25) is 5.95 Å². The molecule has 0 bridgehead atoms. The highest BCUT2D eigenvalue weighted by atomic mass is 16.5. The molecule has 0 radical (unpaired) electrons. The van der Waals surface area contributed by atoms with E-state index in [0.29, 0.717) is 11.9 Å². The first-order valence-corrected chi connectivity index (χ1v) is 5.98. The van der Waals surface area contributed by atoms with Gasteiger partial charge in [0.15, 0.2) is 0 Å². The van der Waals surface area contributed by atoms with Crippen molar-refractivity contribution >= 4 is 11.8 Å². The number of nitrogens with zero attached hydrogens (tertiary/aromatic N) is 3. The monoisotopic (exact) mass is 236 g/mol. The molecular weight excluding hydrogens is 216 g/mol. The Hall–Kier alpha value is -1.36. The van der Waals surface area contributed by atoms with Crippen LogP contribution in [0.1, 0.15) is 18.9 Å². The van der Waals surface area contributed by atoms with Crippen LogP contribution < -0.4 is 10.6 Å². The largest absolute Gasteiger partial charge is 0.379 e. The Morgan fingerprint density at radius 2 is 2.29 bits per heavy atom. The number of hydrogen-bond acceptors (Lipinski definition) is 5. The van der Waals surface area contributed by atoms with Crippen molar-refractivity contribution in [2.75, 3.05) is 30.8 Å². The van der Waals surface area contributed by atoms with Gasteiger partial charge in [-0.25, -0.2) is 4.98 Å². The van der Waals surface area contributed by atoms with E-state index in [9.17, 15) is 0 Å². The second-order valence-electron chi connectivity index (χ2n) is 4.72. The van der Waals surface area contributed by atoms with Crippen LogP contribution >= 0.6 is 0 Å². The van der Waals surface area contributed by atoms with Crippen LogP contribution in [0, 0.1) is 12.8 Å². The summed E-state index contributed by atoms with van der Waals surface area (Å²) in [4.78, 5) is 10.6. The van der Waals surface area contributed by atoms with Crippen molar-refractivity contribution in [1.29, 1.82) is 0 Å². The van der Waals surface area contributed by atoms with Gasteiger partial charge in [0.1, 0.15) is 5.82 Å². The lowest BCUT2D eigenvalue weighted by Crippen LogP contribution is -2.44. The number of hydrogen-bond donors (Lipinski definition) is 1. The van der Waals surface area contributed by atoms with Crippen LogP contribution in [-0.2, 0) is 4.74 Å². The maximum absolute atomic E-state index is 5.65. The van der Waals surface area contributed by atoms with Crippen LogP contribution in [0.4, 0.5) is 11.8 Å². The van der Waals surface area contributed by atoms with E-state index in [1.807, 2.05) is 6.92 Å². The fourth-order valence-electron chi connectivity index (χ4n) is 2.30. The van der Waals surface area contributed by atoms with E-state index < -0.39 is 0 Å². The van der Waals surface area contributed by atoms with E-state index >= 15 is 0 Å². The van der Waals surface area contributed by atoms with Crippen LogP contribution in [0.25, 0.3) is 0 Å².